The maximum Gasteiger partial charge on any atom is 0.0616 e. The highest BCUT2D eigenvalue weighted by molar-refractivity contribution is 7.71. The zero-order valence-corrected chi connectivity index (χ0v) is 9.35. The van der Waals surface area contributed by atoms with Crippen LogP contribution >= 0.6 is 7.92 Å². The van der Waals surface area contributed by atoms with Gasteiger partial charge < -0.3 is 10.2 Å². The SMILES string of the molecule is OCC=CP(C=CCO)c1ccccc1. The van der Waals surface area contributed by atoms with Crippen LogP contribution in [0, 0.1) is 0 Å². The molecule has 0 spiro atoms. The van der Waals surface area contributed by atoms with Crippen LogP contribution in [-0.4, -0.2) is 23.4 Å². The fraction of sp³-hybridized carbons (Fsp3) is 0.167. The molecule has 0 aromatic heterocycles. The quantitative estimate of drug-likeness (QED) is 0.746. The highest BCUT2D eigenvalue weighted by atomic mass is 31.1. The van der Waals surface area contributed by atoms with E-state index in [1.807, 2.05) is 29.8 Å². The summed E-state index contributed by atoms with van der Waals surface area (Å²) in [6, 6.07) is 10.1. The zero-order chi connectivity index (χ0) is 10.9. The van der Waals surface area contributed by atoms with Gasteiger partial charge in [-0.15, -0.1) is 0 Å². The molecular formula is C12H15O2P. The van der Waals surface area contributed by atoms with Crippen molar-refractivity contribution in [3.05, 3.63) is 54.1 Å². The second-order valence-electron chi connectivity index (χ2n) is 2.88. The van der Waals surface area contributed by atoms with Crippen LogP contribution < -0.4 is 5.30 Å². The van der Waals surface area contributed by atoms with Gasteiger partial charge in [0.15, 0.2) is 0 Å². The maximum atomic E-state index is 8.74. The van der Waals surface area contributed by atoms with Gasteiger partial charge in [-0.3, -0.25) is 0 Å². The smallest absolute Gasteiger partial charge is 0.0616 e. The van der Waals surface area contributed by atoms with Gasteiger partial charge in [-0.1, -0.05) is 54.1 Å². The molecule has 0 atom stereocenters. The molecule has 0 heterocycles. The molecule has 2 N–H and O–H groups in total. The summed E-state index contributed by atoms with van der Waals surface area (Å²) in [6.07, 6.45) is 3.47. The summed E-state index contributed by atoms with van der Waals surface area (Å²) in [4.78, 5) is 0. The third-order valence-corrected chi connectivity index (χ3v) is 3.76. The summed E-state index contributed by atoms with van der Waals surface area (Å²) in [7, 11) is -0.549. The molecule has 2 nitrogen and oxygen atoms in total. The Morgan fingerprint density at radius 2 is 1.47 bits per heavy atom. The molecule has 0 bridgehead atoms. The van der Waals surface area contributed by atoms with Gasteiger partial charge in [0.2, 0.25) is 0 Å². The Labute approximate surface area is 91.3 Å². The molecule has 0 unspecified atom stereocenters. The fourth-order valence-corrected chi connectivity index (χ4v) is 2.75. The van der Waals surface area contributed by atoms with Gasteiger partial charge >= 0.3 is 0 Å². The van der Waals surface area contributed by atoms with E-state index in [1.165, 1.54) is 5.30 Å². The molecule has 0 amide bonds. The lowest BCUT2D eigenvalue weighted by Crippen LogP contribution is -1.95. The molecule has 0 saturated heterocycles. The fourth-order valence-electron chi connectivity index (χ4n) is 1.14. The van der Waals surface area contributed by atoms with Crippen LogP contribution in [0.1, 0.15) is 0 Å². The van der Waals surface area contributed by atoms with E-state index in [-0.39, 0.29) is 13.2 Å². The van der Waals surface area contributed by atoms with Crippen LogP contribution in [0.3, 0.4) is 0 Å². The lowest BCUT2D eigenvalue weighted by Gasteiger charge is -2.08. The minimum Gasteiger partial charge on any atom is -0.392 e. The Hall–Kier alpha value is -0.950. The van der Waals surface area contributed by atoms with E-state index in [0.29, 0.717) is 0 Å². The molecule has 0 fully saturated rings. The van der Waals surface area contributed by atoms with Gasteiger partial charge in [0.05, 0.1) is 13.2 Å². The van der Waals surface area contributed by atoms with E-state index < -0.39 is 7.92 Å². The van der Waals surface area contributed by atoms with Crippen molar-refractivity contribution in [2.45, 2.75) is 0 Å². The van der Waals surface area contributed by atoms with Crippen LogP contribution in [0.5, 0.6) is 0 Å². The normalized spacial score (nSPS) is 13.7. The zero-order valence-electron chi connectivity index (χ0n) is 8.45. The predicted molar refractivity (Wildman–Crippen MR) is 65.4 cm³/mol. The summed E-state index contributed by atoms with van der Waals surface area (Å²) in [5, 5.41) is 18.7. The maximum absolute atomic E-state index is 8.74. The number of benzene rings is 1. The van der Waals surface area contributed by atoms with E-state index in [4.69, 9.17) is 10.2 Å². The van der Waals surface area contributed by atoms with Gasteiger partial charge in [-0.25, -0.2) is 0 Å². The molecular weight excluding hydrogens is 207 g/mol. The van der Waals surface area contributed by atoms with Crippen molar-refractivity contribution in [1.82, 2.24) is 0 Å². The monoisotopic (exact) mass is 222 g/mol. The summed E-state index contributed by atoms with van der Waals surface area (Å²) in [5.41, 5.74) is 0. The second-order valence-corrected chi connectivity index (χ2v) is 4.80. The van der Waals surface area contributed by atoms with Crippen LogP contribution in [0.25, 0.3) is 0 Å². The number of hydrogen-bond acceptors (Lipinski definition) is 2. The van der Waals surface area contributed by atoms with Crippen LogP contribution in [-0.2, 0) is 0 Å². The first-order valence-electron chi connectivity index (χ1n) is 4.77. The highest BCUT2D eigenvalue weighted by Crippen LogP contribution is 2.37. The number of aliphatic hydroxyl groups excluding tert-OH is 2. The minimum absolute atomic E-state index is 0.0542. The number of aliphatic hydroxyl groups is 2. The molecule has 80 valence electrons. The average Bonchev–Trinajstić information content (AvgIpc) is 2.30. The predicted octanol–water partition coefficient (Wildman–Crippen LogP) is 1.81. The Morgan fingerprint density at radius 3 is 1.93 bits per heavy atom. The average molecular weight is 222 g/mol. The van der Waals surface area contributed by atoms with Crippen LogP contribution in [0.15, 0.2) is 54.1 Å². The van der Waals surface area contributed by atoms with Gasteiger partial charge in [0.1, 0.15) is 0 Å². The summed E-state index contributed by atoms with van der Waals surface area (Å²) in [5.74, 6) is 3.97. The van der Waals surface area contributed by atoms with E-state index in [9.17, 15) is 0 Å². The van der Waals surface area contributed by atoms with E-state index in [1.54, 1.807) is 12.2 Å². The van der Waals surface area contributed by atoms with Crippen molar-refractivity contribution in [3.8, 4) is 0 Å². The molecule has 0 radical (unpaired) electrons. The first kappa shape index (κ1) is 12.1. The third kappa shape index (κ3) is 4.39. The van der Waals surface area contributed by atoms with E-state index in [2.05, 4.69) is 12.1 Å². The minimum atomic E-state index is -0.549. The molecule has 0 aliphatic rings. The summed E-state index contributed by atoms with van der Waals surface area (Å²) >= 11 is 0. The molecule has 15 heavy (non-hydrogen) atoms. The highest BCUT2D eigenvalue weighted by Gasteiger charge is 2.01. The van der Waals surface area contributed by atoms with Gasteiger partial charge in [0, 0.05) is 0 Å². The Kier molecular flexibility index (Phi) is 5.94. The molecule has 1 rings (SSSR count). The Balaban J connectivity index is 2.81. The second kappa shape index (κ2) is 7.36. The number of hydrogen-bond donors (Lipinski definition) is 2. The lowest BCUT2D eigenvalue weighted by molar-refractivity contribution is 0.343. The lowest BCUT2D eigenvalue weighted by atomic mass is 10.4. The van der Waals surface area contributed by atoms with E-state index >= 15 is 0 Å². The standard InChI is InChI=1S/C12H15O2P/c13-8-4-10-15(11-5-9-14)12-6-2-1-3-7-12/h1-7,10-11,13-14H,8-9H2. The Bertz CT molecular complexity index is 306. The molecule has 1 aromatic carbocycles. The van der Waals surface area contributed by atoms with Gasteiger partial charge in [-0.05, 0) is 13.2 Å². The Morgan fingerprint density at radius 1 is 0.933 bits per heavy atom. The van der Waals surface area contributed by atoms with Crippen molar-refractivity contribution in [3.63, 3.8) is 0 Å². The molecule has 3 heteroatoms. The first-order valence-corrected chi connectivity index (χ1v) is 6.25. The van der Waals surface area contributed by atoms with Crippen molar-refractivity contribution in [2.24, 2.45) is 0 Å². The topological polar surface area (TPSA) is 40.5 Å². The molecule has 0 aliphatic heterocycles. The van der Waals surface area contributed by atoms with Gasteiger partial charge in [-0.2, -0.15) is 0 Å². The van der Waals surface area contributed by atoms with Crippen molar-refractivity contribution >= 4 is 13.2 Å². The van der Waals surface area contributed by atoms with Crippen molar-refractivity contribution < 1.29 is 10.2 Å². The first-order chi connectivity index (χ1) is 7.38. The largest absolute Gasteiger partial charge is 0.392 e. The van der Waals surface area contributed by atoms with Crippen LogP contribution in [0.4, 0.5) is 0 Å². The van der Waals surface area contributed by atoms with Crippen LogP contribution in [0.2, 0.25) is 0 Å². The molecule has 0 aliphatic carbocycles. The van der Waals surface area contributed by atoms with Gasteiger partial charge in [0.25, 0.3) is 0 Å². The summed E-state index contributed by atoms with van der Waals surface area (Å²) in [6.45, 7) is 0.108. The third-order valence-electron chi connectivity index (χ3n) is 1.80. The summed E-state index contributed by atoms with van der Waals surface area (Å²) < 4.78 is 0. The van der Waals surface area contributed by atoms with Crippen molar-refractivity contribution in [2.75, 3.05) is 13.2 Å². The number of rotatable bonds is 5. The van der Waals surface area contributed by atoms with Crippen molar-refractivity contribution in [1.29, 1.82) is 0 Å². The van der Waals surface area contributed by atoms with E-state index in [0.717, 1.165) is 0 Å². The molecule has 1 aromatic rings. The molecule has 0 saturated carbocycles.